The van der Waals surface area contributed by atoms with Gasteiger partial charge in [0.1, 0.15) is 4.21 Å². The maximum Gasteiger partial charge on any atom is 0.252 e. The van der Waals surface area contributed by atoms with Crippen molar-refractivity contribution < 1.29 is 8.42 Å². The van der Waals surface area contributed by atoms with Crippen LogP contribution in [0.5, 0.6) is 0 Å². The standard InChI is InChI=1S/C11H18ClNO2S2/c1-4-6-13(5-2)17(14,15)11-7-9(3)10(8-12)16-11/h7H,4-6,8H2,1-3H3. The topological polar surface area (TPSA) is 37.4 Å². The molecule has 0 atom stereocenters. The number of thiophene rings is 1. The van der Waals surface area contributed by atoms with Crippen molar-refractivity contribution in [3.05, 3.63) is 16.5 Å². The SMILES string of the molecule is CCCN(CC)S(=O)(=O)c1cc(C)c(CCl)s1. The Labute approximate surface area is 112 Å². The first-order valence-corrected chi connectivity index (χ1v) is 8.41. The van der Waals surface area contributed by atoms with Crippen molar-refractivity contribution in [3.63, 3.8) is 0 Å². The maximum absolute atomic E-state index is 12.3. The van der Waals surface area contributed by atoms with Crippen LogP contribution in [-0.4, -0.2) is 25.8 Å². The van der Waals surface area contributed by atoms with Crippen LogP contribution in [0.2, 0.25) is 0 Å². The van der Waals surface area contributed by atoms with Crippen LogP contribution in [-0.2, 0) is 15.9 Å². The first kappa shape index (κ1) is 15.0. The van der Waals surface area contributed by atoms with E-state index >= 15 is 0 Å². The van der Waals surface area contributed by atoms with E-state index in [4.69, 9.17) is 11.6 Å². The first-order chi connectivity index (χ1) is 7.97. The summed E-state index contributed by atoms with van der Waals surface area (Å²) in [5.41, 5.74) is 0.955. The molecule has 0 saturated carbocycles. The molecule has 0 radical (unpaired) electrons. The van der Waals surface area contributed by atoms with Gasteiger partial charge in [0.15, 0.2) is 0 Å². The van der Waals surface area contributed by atoms with Gasteiger partial charge in [0.05, 0.1) is 5.88 Å². The molecule has 0 N–H and O–H groups in total. The molecule has 1 rings (SSSR count). The number of aryl methyl sites for hydroxylation is 1. The van der Waals surface area contributed by atoms with Crippen LogP contribution in [0.1, 0.15) is 30.7 Å². The third kappa shape index (κ3) is 3.22. The van der Waals surface area contributed by atoms with Crippen molar-refractivity contribution in [2.75, 3.05) is 13.1 Å². The van der Waals surface area contributed by atoms with Crippen LogP contribution in [0.4, 0.5) is 0 Å². The lowest BCUT2D eigenvalue weighted by molar-refractivity contribution is 0.428. The van der Waals surface area contributed by atoms with E-state index in [-0.39, 0.29) is 0 Å². The minimum Gasteiger partial charge on any atom is -0.206 e. The fraction of sp³-hybridized carbons (Fsp3) is 0.636. The van der Waals surface area contributed by atoms with E-state index in [0.29, 0.717) is 23.2 Å². The number of alkyl halides is 1. The van der Waals surface area contributed by atoms with Crippen LogP contribution < -0.4 is 0 Å². The zero-order valence-electron chi connectivity index (χ0n) is 10.4. The van der Waals surface area contributed by atoms with Gasteiger partial charge in [-0.3, -0.25) is 0 Å². The Bertz CT molecular complexity index is 468. The fourth-order valence-electron chi connectivity index (χ4n) is 1.57. The van der Waals surface area contributed by atoms with Gasteiger partial charge in [0.25, 0.3) is 10.0 Å². The summed E-state index contributed by atoms with van der Waals surface area (Å²) in [7, 11) is -3.33. The Hall–Kier alpha value is -0.100. The minimum absolute atomic E-state index is 0.367. The normalized spacial score (nSPS) is 12.3. The predicted octanol–water partition coefficient (Wildman–Crippen LogP) is 3.22. The number of hydrogen-bond acceptors (Lipinski definition) is 3. The lowest BCUT2D eigenvalue weighted by atomic mass is 10.3. The monoisotopic (exact) mass is 295 g/mol. The molecule has 17 heavy (non-hydrogen) atoms. The third-order valence-corrected chi connectivity index (χ3v) is 6.63. The second kappa shape index (κ2) is 6.18. The highest BCUT2D eigenvalue weighted by molar-refractivity contribution is 7.91. The van der Waals surface area contributed by atoms with Crippen LogP contribution in [0.15, 0.2) is 10.3 Å². The quantitative estimate of drug-likeness (QED) is 0.756. The largest absolute Gasteiger partial charge is 0.252 e. The highest BCUT2D eigenvalue weighted by Crippen LogP contribution is 2.29. The maximum atomic E-state index is 12.3. The van der Waals surface area contributed by atoms with E-state index in [1.54, 1.807) is 6.07 Å². The third-order valence-electron chi connectivity index (χ3n) is 2.54. The lowest BCUT2D eigenvalue weighted by Crippen LogP contribution is -2.31. The minimum atomic E-state index is -3.33. The lowest BCUT2D eigenvalue weighted by Gasteiger charge is -2.18. The van der Waals surface area contributed by atoms with Crippen molar-refractivity contribution in [2.24, 2.45) is 0 Å². The zero-order valence-corrected chi connectivity index (χ0v) is 12.8. The first-order valence-electron chi connectivity index (χ1n) is 5.62. The van der Waals surface area contributed by atoms with Gasteiger partial charge in [-0.1, -0.05) is 13.8 Å². The smallest absolute Gasteiger partial charge is 0.206 e. The van der Waals surface area contributed by atoms with Crippen molar-refractivity contribution >= 4 is 33.0 Å². The van der Waals surface area contributed by atoms with E-state index in [1.165, 1.54) is 15.6 Å². The molecule has 0 aliphatic heterocycles. The van der Waals surface area contributed by atoms with Crippen molar-refractivity contribution in [2.45, 2.75) is 37.3 Å². The molecule has 0 aliphatic carbocycles. The summed E-state index contributed by atoms with van der Waals surface area (Å²) in [5, 5.41) is 0. The molecule has 0 fully saturated rings. The van der Waals surface area contributed by atoms with Crippen molar-refractivity contribution in [1.82, 2.24) is 4.31 Å². The molecule has 1 heterocycles. The van der Waals surface area contributed by atoms with E-state index < -0.39 is 10.0 Å². The van der Waals surface area contributed by atoms with E-state index in [0.717, 1.165) is 16.9 Å². The highest BCUT2D eigenvalue weighted by atomic mass is 35.5. The average Bonchev–Trinajstić information content (AvgIpc) is 2.67. The molecule has 0 amide bonds. The highest BCUT2D eigenvalue weighted by Gasteiger charge is 2.25. The molecule has 0 saturated heterocycles. The van der Waals surface area contributed by atoms with E-state index in [9.17, 15) is 8.42 Å². The second-order valence-electron chi connectivity index (χ2n) is 3.80. The van der Waals surface area contributed by atoms with Gasteiger partial charge < -0.3 is 0 Å². The number of sulfonamides is 1. The molecule has 0 aliphatic rings. The van der Waals surface area contributed by atoms with Crippen LogP contribution in [0, 0.1) is 6.92 Å². The molecule has 1 aromatic rings. The van der Waals surface area contributed by atoms with Gasteiger partial charge in [0.2, 0.25) is 0 Å². The van der Waals surface area contributed by atoms with E-state index in [1.807, 2.05) is 20.8 Å². The molecular formula is C11H18ClNO2S2. The van der Waals surface area contributed by atoms with Crippen LogP contribution in [0.25, 0.3) is 0 Å². The second-order valence-corrected chi connectivity index (χ2v) is 7.37. The Balaban J connectivity index is 3.11. The predicted molar refractivity (Wildman–Crippen MR) is 73.3 cm³/mol. The number of rotatable bonds is 6. The van der Waals surface area contributed by atoms with Crippen molar-refractivity contribution in [1.29, 1.82) is 0 Å². The van der Waals surface area contributed by atoms with Crippen molar-refractivity contribution in [3.8, 4) is 0 Å². The Morgan fingerprint density at radius 2 is 2.06 bits per heavy atom. The molecule has 0 bridgehead atoms. The molecule has 6 heteroatoms. The Morgan fingerprint density at radius 3 is 2.47 bits per heavy atom. The summed E-state index contributed by atoms with van der Waals surface area (Å²) in [4.78, 5) is 0.929. The Kier molecular flexibility index (Phi) is 5.44. The summed E-state index contributed by atoms with van der Waals surface area (Å²) in [5.74, 6) is 0.367. The molecule has 0 aromatic carbocycles. The van der Waals surface area contributed by atoms with E-state index in [2.05, 4.69) is 0 Å². The molecule has 0 spiro atoms. The fourth-order valence-corrected chi connectivity index (χ4v) is 5.08. The van der Waals surface area contributed by atoms with Crippen LogP contribution >= 0.6 is 22.9 Å². The van der Waals surface area contributed by atoms with Gasteiger partial charge in [-0.05, 0) is 25.0 Å². The Morgan fingerprint density at radius 1 is 1.41 bits per heavy atom. The summed E-state index contributed by atoms with van der Waals surface area (Å²) >= 11 is 7.05. The van der Waals surface area contributed by atoms with Crippen LogP contribution in [0.3, 0.4) is 0 Å². The molecule has 1 aromatic heterocycles. The molecule has 0 unspecified atom stereocenters. The van der Waals surface area contributed by atoms with Gasteiger partial charge in [-0.15, -0.1) is 22.9 Å². The number of halogens is 1. The van der Waals surface area contributed by atoms with Gasteiger partial charge in [-0.2, -0.15) is 4.31 Å². The zero-order chi connectivity index (χ0) is 13.1. The summed E-state index contributed by atoms with van der Waals surface area (Å²) in [6.07, 6.45) is 0.819. The summed E-state index contributed by atoms with van der Waals surface area (Å²) in [6, 6.07) is 1.72. The number of nitrogens with zero attached hydrogens (tertiary/aromatic N) is 1. The number of hydrogen-bond donors (Lipinski definition) is 0. The molecule has 3 nitrogen and oxygen atoms in total. The molecular weight excluding hydrogens is 278 g/mol. The van der Waals surface area contributed by atoms with Gasteiger partial charge in [0, 0.05) is 18.0 Å². The molecule has 98 valence electrons. The van der Waals surface area contributed by atoms with Gasteiger partial charge in [-0.25, -0.2) is 8.42 Å². The average molecular weight is 296 g/mol. The summed E-state index contributed by atoms with van der Waals surface area (Å²) < 4.78 is 26.6. The van der Waals surface area contributed by atoms with Gasteiger partial charge >= 0.3 is 0 Å². The summed E-state index contributed by atoms with van der Waals surface area (Å²) in [6.45, 7) is 6.79.